The zero-order chi connectivity index (χ0) is 15.8. The Balaban J connectivity index is 2.83. The Bertz CT molecular complexity index is 706. The molecular weight excluding hydrogens is 375 g/mol. The zero-order valence-corrected chi connectivity index (χ0v) is 14.2. The molecule has 4 nitrogen and oxygen atoms in total. The Kier molecular flexibility index (Phi) is 4.95. The maximum atomic E-state index is 11.4. The van der Waals surface area contributed by atoms with Crippen molar-refractivity contribution in [2.45, 2.75) is 13.6 Å². The van der Waals surface area contributed by atoms with Gasteiger partial charge >= 0.3 is 0 Å². The molecule has 9 heteroatoms. The molecule has 110 valence electrons. The average molecular weight is 382 g/mol. The summed E-state index contributed by atoms with van der Waals surface area (Å²) in [6, 6.07) is 6.50. The molecule has 1 heterocycles. The van der Waals surface area contributed by atoms with Gasteiger partial charge in [-0.1, -0.05) is 40.9 Å². The van der Waals surface area contributed by atoms with E-state index in [1.807, 2.05) is 0 Å². The molecule has 0 bridgehead atoms. The number of thiol groups is 2. The molecule has 2 aromatic rings. The Morgan fingerprint density at radius 1 is 1.24 bits per heavy atom. The van der Waals surface area contributed by atoms with Crippen LogP contribution in [0.4, 0.5) is 5.69 Å². The maximum absolute atomic E-state index is 11.4. The van der Waals surface area contributed by atoms with E-state index in [4.69, 9.17) is 34.8 Å². The second kappa shape index (κ2) is 6.22. The van der Waals surface area contributed by atoms with Crippen molar-refractivity contribution in [1.29, 1.82) is 0 Å². The summed E-state index contributed by atoms with van der Waals surface area (Å²) in [5.74, 6) is 0. The second-order valence-corrected chi connectivity index (χ2v) is 7.20. The molecule has 0 fully saturated rings. The third-order valence-electron chi connectivity index (χ3n) is 2.66. The highest BCUT2D eigenvalue weighted by Gasteiger charge is 2.34. The van der Waals surface area contributed by atoms with Crippen molar-refractivity contribution < 1.29 is 4.92 Å². The topological polar surface area (TPSA) is 56.0 Å². The lowest BCUT2D eigenvalue weighted by atomic mass is 10.1. The fourth-order valence-electron chi connectivity index (χ4n) is 1.83. The van der Waals surface area contributed by atoms with Crippen LogP contribution in [-0.2, 0) is 3.79 Å². The van der Waals surface area contributed by atoms with E-state index in [1.54, 1.807) is 18.2 Å². The first-order valence-corrected chi connectivity index (χ1v) is 7.48. The molecule has 0 saturated heterocycles. The summed E-state index contributed by atoms with van der Waals surface area (Å²) in [6.07, 6.45) is 1.53. The highest BCUT2D eigenvalue weighted by atomic mass is 35.6. The van der Waals surface area contributed by atoms with Gasteiger partial charge in [0, 0.05) is 16.7 Å². The van der Waals surface area contributed by atoms with Crippen LogP contribution in [0.25, 0.3) is 11.3 Å². The Labute approximate surface area is 146 Å². The van der Waals surface area contributed by atoms with Crippen LogP contribution in [0.2, 0.25) is 0 Å². The van der Waals surface area contributed by atoms with Gasteiger partial charge in [-0.2, -0.15) is 0 Å². The van der Waals surface area contributed by atoms with Crippen molar-refractivity contribution in [1.82, 2.24) is 4.98 Å². The molecule has 1 aromatic heterocycles. The van der Waals surface area contributed by atoms with E-state index in [1.165, 1.54) is 12.3 Å². The van der Waals surface area contributed by atoms with Crippen molar-refractivity contribution in [3.05, 3.63) is 46.1 Å². The molecule has 1 aromatic carbocycles. The average Bonchev–Trinajstić information content (AvgIpc) is 2.36. The number of halogens is 3. The fraction of sp³-hybridized carbons (Fsp3) is 0.0833. The van der Waals surface area contributed by atoms with Crippen molar-refractivity contribution >= 4 is 65.7 Å². The minimum atomic E-state index is -1.87. The number of pyridine rings is 1. The molecule has 21 heavy (non-hydrogen) atoms. The summed E-state index contributed by atoms with van der Waals surface area (Å²) in [4.78, 5) is 15.1. The van der Waals surface area contributed by atoms with Crippen LogP contribution in [0.1, 0.15) is 5.56 Å². The molecule has 0 N–H and O–H groups in total. The van der Waals surface area contributed by atoms with E-state index in [-0.39, 0.29) is 26.6 Å². The molecule has 0 atom stereocenters. The van der Waals surface area contributed by atoms with E-state index in [0.29, 0.717) is 5.69 Å². The van der Waals surface area contributed by atoms with Gasteiger partial charge in [-0.25, -0.2) is 0 Å². The normalized spacial score (nSPS) is 11.5. The van der Waals surface area contributed by atoms with Crippen LogP contribution >= 0.6 is 60.1 Å². The van der Waals surface area contributed by atoms with Gasteiger partial charge in [-0.05, 0) is 18.2 Å². The summed E-state index contributed by atoms with van der Waals surface area (Å²) in [6.45, 7) is 0. The third kappa shape index (κ3) is 3.40. The number of rotatable bonds is 2. The number of aromatic nitrogens is 1. The summed E-state index contributed by atoms with van der Waals surface area (Å²) in [5, 5.41) is 11.4. The van der Waals surface area contributed by atoms with Crippen LogP contribution < -0.4 is 0 Å². The SMILES string of the molecule is O=[N+]([O-])c1c(-c2ccccn2)cc(S)c(C(Cl)(Cl)Cl)c1S. The van der Waals surface area contributed by atoms with Crippen LogP contribution in [0, 0.1) is 10.1 Å². The second-order valence-electron chi connectivity index (χ2n) is 3.99. The van der Waals surface area contributed by atoms with Gasteiger partial charge < -0.3 is 0 Å². The summed E-state index contributed by atoms with van der Waals surface area (Å²) in [7, 11) is 0. The largest absolute Gasteiger partial charge is 0.292 e. The predicted molar refractivity (Wildman–Crippen MR) is 90.1 cm³/mol. The molecule has 0 aliphatic carbocycles. The highest BCUT2D eigenvalue weighted by Crippen LogP contribution is 2.49. The fourth-order valence-corrected chi connectivity index (χ4v) is 3.80. The standard InChI is InChI=1S/C12H7Cl3N2O2S2/c13-12(14,15)9-8(20)5-6(7-3-1-2-4-16-7)10(11(9)21)17(18)19/h1-5,20-21H. The van der Waals surface area contributed by atoms with Crippen molar-refractivity contribution in [3.8, 4) is 11.3 Å². The van der Waals surface area contributed by atoms with Crippen LogP contribution in [-0.4, -0.2) is 9.91 Å². The third-order valence-corrected chi connectivity index (χ3v) is 4.02. The van der Waals surface area contributed by atoms with E-state index in [9.17, 15) is 10.1 Å². The van der Waals surface area contributed by atoms with E-state index in [0.717, 1.165) is 0 Å². The number of benzene rings is 1. The maximum Gasteiger partial charge on any atom is 0.292 e. The molecule has 0 aliphatic rings. The molecule has 0 unspecified atom stereocenters. The summed E-state index contributed by atoms with van der Waals surface area (Å²) in [5.41, 5.74) is 0.445. The van der Waals surface area contributed by atoms with Crippen molar-refractivity contribution in [2.75, 3.05) is 0 Å². The number of hydrogen-bond acceptors (Lipinski definition) is 5. The lowest BCUT2D eigenvalue weighted by molar-refractivity contribution is -0.387. The minimum absolute atomic E-state index is 0.0480. The lowest BCUT2D eigenvalue weighted by Gasteiger charge is -2.18. The molecule has 0 aliphatic heterocycles. The minimum Gasteiger partial charge on any atom is -0.258 e. The zero-order valence-electron chi connectivity index (χ0n) is 10.1. The number of nitrogens with zero attached hydrogens (tertiary/aromatic N) is 2. The van der Waals surface area contributed by atoms with Crippen LogP contribution in [0.15, 0.2) is 40.3 Å². The summed E-state index contributed by atoms with van der Waals surface area (Å²) < 4.78 is -1.87. The molecule has 0 amide bonds. The molecule has 0 spiro atoms. The molecule has 0 saturated carbocycles. The van der Waals surface area contributed by atoms with Gasteiger partial charge in [0.05, 0.1) is 21.1 Å². The number of nitro benzene ring substituents is 1. The number of alkyl halides is 3. The van der Waals surface area contributed by atoms with Gasteiger partial charge in [-0.3, -0.25) is 15.1 Å². The lowest BCUT2D eigenvalue weighted by Crippen LogP contribution is -2.07. The smallest absolute Gasteiger partial charge is 0.258 e. The molecular formula is C12H7Cl3N2O2S2. The van der Waals surface area contributed by atoms with Crippen molar-refractivity contribution in [2.24, 2.45) is 0 Å². The first kappa shape index (κ1) is 16.7. The Morgan fingerprint density at radius 3 is 2.38 bits per heavy atom. The predicted octanol–water partition coefficient (Wildman–Crippen LogP) is 5.06. The van der Waals surface area contributed by atoms with Crippen LogP contribution in [0.3, 0.4) is 0 Å². The first-order chi connectivity index (χ1) is 9.73. The Hall–Kier alpha value is -0.660. The molecule has 0 radical (unpaired) electrons. The quantitative estimate of drug-likeness (QED) is 0.331. The van der Waals surface area contributed by atoms with Gasteiger partial charge in [0.25, 0.3) is 5.69 Å². The Morgan fingerprint density at radius 2 is 1.90 bits per heavy atom. The first-order valence-electron chi connectivity index (χ1n) is 5.45. The molecule has 2 rings (SSSR count). The van der Waals surface area contributed by atoms with Crippen molar-refractivity contribution in [3.63, 3.8) is 0 Å². The van der Waals surface area contributed by atoms with E-state index >= 15 is 0 Å². The number of hydrogen-bond donors (Lipinski definition) is 2. The number of nitro groups is 1. The van der Waals surface area contributed by atoms with Gasteiger partial charge in [0.15, 0.2) is 0 Å². The highest BCUT2D eigenvalue weighted by molar-refractivity contribution is 7.81. The monoisotopic (exact) mass is 380 g/mol. The summed E-state index contributed by atoms with van der Waals surface area (Å²) >= 11 is 25.9. The van der Waals surface area contributed by atoms with E-state index < -0.39 is 8.72 Å². The van der Waals surface area contributed by atoms with Gasteiger partial charge in [0.1, 0.15) is 0 Å². The van der Waals surface area contributed by atoms with Crippen LogP contribution in [0.5, 0.6) is 0 Å². The van der Waals surface area contributed by atoms with Gasteiger partial charge in [-0.15, -0.1) is 25.3 Å². The van der Waals surface area contributed by atoms with Gasteiger partial charge in [0.2, 0.25) is 3.79 Å². The van der Waals surface area contributed by atoms with E-state index in [2.05, 4.69) is 30.2 Å².